The van der Waals surface area contributed by atoms with Crippen LogP contribution >= 0.6 is 0 Å². The minimum Gasteiger partial charge on any atom is -0.507 e. The van der Waals surface area contributed by atoms with Gasteiger partial charge in [-0.3, -0.25) is 4.79 Å². The molecule has 0 aliphatic carbocycles. The zero-order valence-corrected chi connectivity index (χ0v) is 8.57. The number of phenols is 1. The van der Waals surface area contributed by atoms with Crippen molar-refractivity contribution in [3.63, 3.8) is 0 Å². The molecule has 0 unspecified atom stereocenters. The first-order chi connectivity index (χ1) is 7.15. The van der Waals surface area contributed by atoms with Crippen LogP contribution < -0.4 is 0 Å². The van der Waals surface area contributed by atoms with E-state index in [0.717, 1.165) is 17.5 Å². The highest BCUT2D eigenvalue weighted by molar-refractivity contribution is 6.07. The summed E-state index contributed by atoms with van der Waals surface area (Å²) in [7, 11) is 0. The van der Waals surface area contributed by atoms with Crippen LogP contribution in [0.15, 0.2) is 16.7 Å². The van der Waals surface area contributed by atoms with Gasteiger partial charge >= 0.3 is 0 Å². The Hall–Kier alpha value is -1.84. The molecule has 0 fully saturated rings. The third-order valence-corrected chi connectivity index (χ3v) is 2.38. The average Bonchev–Trinajstić information content (AvgIpc) is 2.59. The summed E-state index contributed by atoms with van der Waals surface area (Å²) in [6.07, 6.45) is 0.731. The monoisotopic (exact) mass is 205 g/mol. The van der Waals surface area contributed by atoms with Gasteiger partial charge in [0.1, 0.15) is 11.3 Å². The number of aryl methyl sites for hydroxylation is 1. The van der Waals surface area contributed by atoms with Crippen LogP contribution in [0.5, 0.6) is 5.75 Å². The zero-order valence-electron chi connectivity index (χ0n) is 8.57. The summed E-state index contributed by atoms with van der Waals surface area (Å²) in [6.45, 7) is 3.35. The number of rotatable bonds is 2. The van der Waals surface area contributed by atoms with Gasteiger partial charge in [-0.25, -0.2) is 0 Å². The van der Waals surface area contributed by atoms with Gasteiger partial charge in [0.2, 0.25) is 0 Å². The number of aromatic hydroxyl groups is 1. The number of aromatic nitrogens is 1. The van der Waals surface area contributed by atoms with Gasteiger partial charge < -0.3 is 9.63 Å². The molecule has 1 heterocycles. The first kappa shape index (κ1) is 9.71. The first-order valence-electron chi connectivity index (χ1n) is 4.76. The molecule has 0 bridgehead atoms. The van der Waals surface area contributed by atoms with Crippen molar-refractivity contribution in [2.75, 3.05) is 0 Å². The van der Waals surface area contributed by atoms with E-state index in [1.165, 1.54) is 13.0 Å². The smallest absolute Gasteiger partial charge is 0.181 e. The Morgan fingerprint density at radius 2 is 2.27 bits per heavy atom. The van der Waals surface area contributed by atoms with Crippen molar-refractivity contribution in [3.8, 4) is 5.75 Å². The number of carbonyl (C=O) groups is 1. The lowest BCUT2D eigenvalue weighted by Gasteiger charge is -1.99. The molecular formula is C11H11NO3. The number of nitrogens with zero attached hydrogens (tertiary/aromatic N) is 1. The van der Waals surface area contributed by atoms with Crippen LogP contribution in [0.25, 0.3) is 11.0 Å². The van der Waals surface area contributed by atoms with E-state index in [0.29, 0.717) is 5.58 Å². The Labute approximate surface area is 86.5 Å². The highest BCUT2D eigenvalue weighted by Gasteiger charge is 2.17. The number of fused-ring (bicyclic) bond motifs is 1. The molecule has 0 spiro atoms. The van der Waals surface area contributed by atoms with Crippen LogP contribution in [-0.2, 0) is 6.42 Å². The Bertz CT molecular complexity index is 528. The zero-order chi connectivity index (χ0) is 11.0. The van der Waals surface area contributed by atoms with Crippen LogP contribution in [0.2, 0.25) is 0 Å². The molecule has 4 nitrogen and oxygen atoms in total. The lowest BCUT2D eigenvalue weighted by molar-refractivity contribution is 0.101. The molecular weight excluding hydrogens is 194 g/mol. The van der Waals surface area contributed by atoms with Crippen molar-refractivity contribution in [2.24, 2.45) is 0 Å². The Balaban J connectivity index is 2.83. The first-order valence-corrected chi connectivity index (χ1v) is 4.76. The summed E-state index contributed by atoms with van der Waals surface area (Å²) in [5, 5.41) is 14.2. The average molecular weight is 205 g/mol. The normalized spacial score (nSPS) is 10.8. The summed E-state index contributed by atoms with van der Waals surface area (Å²) in [5.41, 5.74) is 1.38. The Morgan fingerprint density at radius 3 is 2.87 bits per heavy atom. The summed E-state index contributed by atoms with van der Waals surface area (Å²) in [5.74, 6) is -0.286. The van der Waals surface area contributed by atoms with Gasteiger partial charge in [0.15, 0.2) is 11.4 Å². The fourth-order valence-electron chi connectivity index (χ4n) is 1.64. The molecule has 0 amide bonds. The van der Waals surface area contributed by atoms with E-state index in [4.69, 9.17) is 4.52 Å². The molecule has 0 aliphatic rings. The summed E-state index contributed by atoms with van der Waals surface area (Å²) >= 11 is 0. The van der Waals surface area contributed by atoms with Gasteiger partial charge in [-0.05, 0) is 25.5 Å². The highest BCUT2D eigenvalue weighted by Crippen LogP contribution is 2.29. The number of hydrogen-bond donors (Lipinski definition) is 1. The molecule has 0 aliphatic heterocycles. The fourth-order valence-corrected chi connectivity index (χ4v) is 1.64. The molecule has 15 heavy (non-hydrogen) atoms. The van der Waals surface area contributed by atoms with E-state index in [2.05, 4.69) is 5.16 Å². The van der Waals surface area contributed by atoms with E-state index in [-0.39, 0.29) is 17.1 Å². The van der Waals surface area contributed by atoms with Gasteiger partial charge in [0.25, 0.3) is 0 Å². The maximum atomic E-state index is 11.3. The number of Topliss-reactive ketones (excluding diaryl/α,β-unsaturated/α-hetero) is 1. The van der Waals surface area contributed by atoms with E-state index < -0.39 is 0 Å². The van der Waals surface area contributed by atoms with Crippen LogP contribution in [-0.4, -0.2) is 16.0 Å². The van der Waals surface area contributed by atoms with E-state index in [1.807, 2.05) is 6.92 Å². The summed E-state index contributed by atoms with van der Waals surface area (Å²) < 4.78 is 5.08. The summed E-state index contributed by atoms with van der Waals surface area (Å²) in [6, 6.07) is 3.21. The molecule has 2 aromatic rings. The molecule has 2 rings (SSSR count). The van der Waals surface area contributed by atoms with Crippen molar-refractivity contribution in [1.82, 2.24) is 5.16 Å². The maximum absolute atomic E-state index is 11.3. The molecule has 1 N–H and O–H groups in total. The van der Waals surface area contributed by atoms with Gasteiger partial charge in [0.05, 0.1) is 5.69 Å². The molecule has 0 atom stereocenters. The topological polar surface area (TPSA) is 63.3 Å². The third-order valence-electron chi connectivity index (χ3n) is 2.38. The van der Waals surface area contributed by atoms with Crippen LogP contribution in [0.3, 0.4) is 0 Å². The van der Waals surface area contributed by atoms with Crippen molar-refractivity contribution in [2.45, 2.75) is 20.3 Å². The van der Waals surface area contributed by atoms with Crippen molar-refractivity contribution >= 4 is 16.8 Å². The number of hydrogen-bond acceptors (Lipinski definition) is 4. The minimum atomic E-state index is -0.225. The lowest BCUT2D eigenvalue weighted by Crippen LogP contribution is -1.93. The predicted molar refractivity (Wildman–Crippen MR) is 55.1 cm³/mol. The molecule has 1 aromatic carbocycles. The third kappa shape index (κ3) is 1.38. The highest BCUT2D eigenvalue weighted by atomic mass is 16.5. The summed E-state index contributed by atoms with van der Waals surface area (Å²) in [4.78, 5) is 11.3. The van der Waals surface area contributed by atoms with Crippen molar-refractivity contribution in [3.05, 3.63) is 23.4 Å². The van der Waals surface area contributed by atoms with Gasteiger partial charge in [-0.15, -0.1) is 0 Å². The maximum Gasteiger partial charge on any atom is 0.181 e. The van der Waals surface area contributed by atoms with Gasteiger partial charge in [0, 0.05) is 5.39 Å². The molecule has 0 radical (unpaired) electrons. The Morgan fingerprint density at radius 1 is 1.53 bits per heavy atom. The largest absolute Gasteiger partial charge is 0.507 e. The number of benzene rings is 1. The molecule has 4 heteroatoms. The Kier molecular flexibility index (Phi) is 2.19. The fraction of sp³-hybridized carbons (Fsp3) is 0.273. The molecule has 1 aromatic heterocycles. The lowest BCUT2D eigenvalue weighted by atomic mass is 10.1. The van der Waals surface area contributed by atoms with Crippen LogP contribution in [0.1, 0.15) is 29.9 Å². The van der Waals surface area contributed by atoms with Gasteiger partial charge in [-0.2, -0.15) is 0 Å². The quantitative estimate of drug-likeness (QED) is 0.764. The van der Waals surface area contributed by atoms with Crippen LogP contribution in [0.4, 0.5) is 0 Å². The second-order valence-electron chi connectivity index (χ2n) is 3.38. The van der Waals surface area contributed by atoms with E-state index in [9.17, 15) is 9.90 Å². The number of carbonyl (C=O) groups excluding carboxylic acids is 1. The van der Waals surface area contributed by atoms with E-state index >= 15 is 0 Å². The van der Waals surface area contributed by atoms with Gasteiger partial charge in [-0.1, -0.05) is 12.1 Å². The van der Waals surface area contributed by atoms with E-state index in [1.54, 1.807) is 6.07 Å². The minimum absolute atomic E-state index is 0.0613. The standard InChI is InChI=1S/C11H11NO3/c1-3-8-7-4-5-9(14)10(6(2)13)11(7)15-12-8/h4-5,14H,3H2,1-2H3. The number of phenolic OH excluding ortho intramolecular Hbond substituents is 1. The van der Waals surface area contributed by atoms with Crippen LogP contribution in [0, 0.1) is 0 Å². The SMILES string of the molecule is CCc1noc2c(C(C)=O)c(O)ccc12. The molecule has 0 saturated carbocycles. The van der Waals surface area contributed by atoms with Crippen molar-refractivity contribution in [1.29, 1.82) is 0 Å². The second kappa shape index (κ2) is 3.38. The predicted octanol–water partition coefficient (Wildman–Crippen LogP) is 2.30. The molecule has 0 saturated heterocycles. The van der Waals surface area contributed by atoms with Crippen molar-refractivity contribution < 1.29 is 14.4 Å². The number of ketones is 1. The molecule has 78 valence electrons. The second-order valence-corrected chi connectivity index (χ2v) is 3.38.